The summed E-state index contributed by atoms with van der Waals surface area (Å²) < 4.78 is 25.2. The zero-order valence-electron chi connectivity index (χ0n) is 13.3. The second kappa shape index (κ2) is 5.84. The van der Waals surface area contributed by atoms with E-state index in [-0.39, 0.29) is 5.41 Å². The van der Waals surface area contributed by atoms with Crippen LogP contribution in [0.15, 0.2) is 36.5 Å². The molecule has 2 rings (SSSR count). The Morgan fingerprint density at radius 2 is 1.86 bits per heavy atom. The van der Waals surface area contributed by atoms with Crippen LogP contribution < -0.4 is 0 Å². The van der Waals surface area contributed by atoms with Crippen LogP contribution in [0.2, 0.25) is 0 Å². The molecule has 3 nitrogen and oxygen atoms in total. The van der Waals surface area contributed by atoms with Crippen molar-refractivity contribution in [3.63, 3.8) is 0 Å². The number of sulfonamides is 1. The van der Waals surface area contributed by atoms with E-state index >= 15 is 0 Å². The number of nitrogens with zero attached hydrogens (tertiary/aromatic N) is 1. The summed E-state index contributed by atoms with van der Waals surface area (Å²) in [6, 6.07) is 10.1. The van der Waals surface area contributed by atoms with Gasteiger partial charge in [-0.3, -0.25) is 4.31 Å². The lowest BCUT2D eigenvalue weighted by atomic mass is 9.70. The Kier molecular flexibility index (Phi) is 4.47. The van der Waals surface area contributed by atoms with Gasteiger partial charge in [0.05, 0.1) is 6.26 Å². The Hall–Kier alpha value is -1.29. The molecule has 1 aromatic carbocycles. The van der Waals surface area contributed by atoms with E-state index in [9.17, 15) is 8.42 Å². The highest BCUT2D eigenvalue weighted by Gasteiger charge is 2.36. The Bertz CT molecular complexity index is 619. The molecule has 0 N–H and O–H groups in total. The highest BCUT2D eigenvalue weighted by molar-refractivity contribution is 7.88. The van der Waals surface area contributed by atoms with Crippen molar-refractivity contribution in [3.8, 4) is 0 Å². The van der Waals surface area contributed by atoms with Crippen LogP contribution in [0, 0.1) is 11.3 Å². The Morgan fingerprint density at radius 1 is 1.24 bits per heavy atom. The van der Waals surface area contributed by atoms with Gasteiger partial charge in [0.1, 0.15) is 0 Å². The van der Waals surface area contributed by atoms with Crippen LogP contribution in [-0.4, -0.2) is 25.5 Å². The molecule has 0 bridgehead atoms. The minimum absolute atomic E-state index is 0.0245. The third-order valence-corrected chi connectivity index (χ3v) is 5.32. The molecule has 1 aliphatic rings. The maximum absolute atomic E-state index is 11.9. The quantitative estimate of drug-likeness (QED) is 0.849. The maximum Gasteiger partial charge on any atom is 0.231 e. The summed E-state index contributed by atoms with van der Waals surface area (Å²) in [6.07, 6.45) is 5.04. The van der Waals surface area contributed by atoms with Crippen molar-refractivity contribution in [3.05, 3.63) is 42.1 Å². The SMILES string of the molecule is CC(C)CC1(C)CCN(S(C)(=O)=O)C=C1c1ccccc1. The summed E-state index contributed by atoms with van der Waals surface area (Å²) in [5.74, 6) is 0.576. The highest BCUT2D eigenvalue weighted by Crippen LogP contribution is 2.46. The van der Waals surface area contributed by atoms with E-state index in [2.05, 4.69) is 32.9 Å². The van der Waals surface area contributed by atoms with Gasteiger partial charge >= 0.3 is 0 Å². The number of hydrogen-bond donors (Lipinski definition) is 0. The molecule has 1 aliphatic heterocycles. The van der Waals surface area contributed by atoms with Crippen LogP contribution >= 0.6 is 0 Å². The largest absolute Gasteiger partial charge is 0.277 e. The molecule has 0 aliphatic carbocycles. The van der Waals surface area contributed by atoms with Gasteiger partial charge < -0.3 is 0 Å². The van der Waals surface area contributed by atoms with Crippen LogP contribution in [0.1, 0.15) is 39.2 Å². The molecule has 0 amide bonds. The van der Waals surface area contributed by atoms with E-state index in [1.807, 2.05) is 24.4 Å². The molecule has 1 unspecified atom stereocenters. The third-order valence-electron chi connectivity index (χ3n) is 4.18. The van der Waals surface area contributed by atoms with Crippen molar-refractivity contribution in [1.82, 2.24) is 4.31 Å². The zero-order chi connectivity index (χ0) is 15.7. The fourth-order valence-corrected chi connectivity index (χ4v) is 3.99. The molecule has 1 aromatic rings. The van der Waals surface area contributed by atoms with Gasteiger partial charge in [0, 0.05) is 12.7 Å². The standard InChI is InChI=1S/C17H25NO2S/c1-14(2)12-17(3)10-11-18(21(4,19)20)13-16(17)15-8-6-5-7-9-15/h5-9,13-14H,10-12H2,1-4H3. The molecule has 1 heterocycles. The fourth-order valence-electron chi connectivity index (χ4n) is 3.27. The van der Waals surface area contributed by atoms with Crippen LogP contribution in [0.3, 0.4) is 0 Å². The maximum atomic E-state index is 11.9. The van der Waals surface area contributed by atoms with Gasteiger partial charge in [-0.2, -0.15) is 0 Å². The van der Waals surface area contributed by atoms with Crippen molar-refractivity contribution in [2.45, 2.75) is 33.6 Å². The first kappa shape index (κ1) is 16.1. The molecule has 1 atom stereocenters. The van der Waals surface area contributed by atoms with Crippen molar-refractivity contribution < 1.29 is 8.42 Å². The highest BCUT2D eigenvalue weighted by atomic mass is 32.2. The van der Waals surface area contributed by atoms with Crippen LogP contribution in [0.4, 0.5) is 0 Å². The summed E-state index contributed by atoms with van der Waals surface area (Å²) in [5.41, 5.74) is 2.28. The lowest BCUT2D eigenvalue weighted by Gasteiger charge is -2.40. The van der Waals surface area contributed by atoms with Gasteiger partial charge in [0.15, 0.2) is 0 Å². The Morgan fingerprint density at radius 3 is 2.38 bits per heavy atom. The molecule has 0 aromatic heterocycles. The molecular formula is C17H25NO2S. The number of allylic oxidation sites excluding steroid dienone is 1. The topological polar surface area (TPSA) is 37.4 Å². The lowest BCUT2D eigenvalue weighted by Crippen LogP contribution is -2.36. The van der Waals surface area contributed by atoms with Gasteiger partial charge in [0.2, 0.25) is 10.0 Å². The molecule has 116 valence electrons. The average molecular weight is 307 g/mol. The molecule has 4 heteroatoms. The molecule has 0 saturated heterocycles. The van der Waals surface area contributed by atoms with Gasteiger partial charge in [-0.15, -0.1) is 0 Å². The number of benzene rings is 1. The van der Waals surface area contributed by atoms with Crippen molar-refractivity contribution in [2.75, 3.05) is 12.8 Å². The minimum atomic E-state index is -3.19. The molecule has 0 fully saturated rings. The number of hydrogen-bond acceptors (Lipinski definition) is 2. The predicted octanol–water partition coefficient (Wildman–Crippen LogP) is 3.75. The summed E-state index contributed by atoms with van der Waals surface area (Å²) in [7, 11) is -3.19. The number of rotatable bonds is 4. The predicted molar refractivity (Wildman–Crippen MR) is 88.1 cm³/mol. The monoisotopic (exact) mass is 307 g/mol. The zero-order valence-corrected chi connectivity index (χ0v) is 14.2. The lowest BCUT2D eigenvalue weighted by molar-refractivity contribution is 0.285. The van der Waals surface area contributed by atoms with E-state index < -0.39 is 10.0 Å². The molecular weight excluding hydrogens is 282 g/mol. The second-order valence-electron chi connectivity index (χ2n) is 6.69. The van der Waals surface area contributed by atoms with Crippen LogP contribution in [0.5, 0.6) is 0 Å². The van der Waals surface area contributed by atoms with Crippen molar-refractivity contribution in [1.29, 1.82) is 0 Å². The summed E-state index contributed by atoms with van der Waals surface area (Å²) in [4.78, 5) is 0. The molecule has 0 saturated carbocycles. The van der Waals surface area contributed by atoms with E-state index in [0.29, 0.717) is 12.5 Å². The first-order valence-corrected chi connectivity index (χ1v) is 9.32. The van der Waals surface area contributed by atoms with Gasteiger partial charge in [0.25, 0.3) is 0 Å². The fraction of sp³-hybridized carbons (Fsp3) is 0.529. The second-order valence-corrected chi connectivity index (χ2v) is 8.63. The molecule has 0 spiro atoms. The Balaban J connectivity index is 2.50. The summed E-state index contributed by atoms with van der Waals surface area (Å²) in [6.45, 7) is 7.26. The van der Waals surface area contributed by atoms with Crippen LogP contribution in [0.25, 0.3) is 5.57 Å². The van der Waals surface area contributed by atoms with E-state index in [1.165, 1.54) is 10.6 Å². The van der Waals surface area contributed by atoms with Gasteiger partial charge in [-0.25, -0.2) is 8.42 Å². The first-order valence-electron chi connectivity index (χ1n) is 7.47. The summed E-state index contributed by atoms with van der Waals surface area (Å²) >= 11 is 0. The van der Waals surface area contributed by atoms with Crippen LogP contribution in [-0.2, 0) is 10.0 Å². The van der Waals surface area contributed by atoms with E-state index in [0.717, 1.165) is 24.0 Å². The first-order chi connectivity index (χ1) is 9.72. The molecule has 21 heavy (non-hydrogen) atoms. The van der Waals surface area contributed by atoms with Crippen molar-refractivity contribution >= 4 is 15.6 Å². The van der Waals surface area contributed by atoms with Gasteiger partial charge in [-0.05, 0) is 35.3 Å². The molecule has 0 radical (unpaired) electrons. The Labute approximate surface area is 128 Å². The van der Waals surface area contributed by atoms with Gasteiger partial charge in [-0.1, -0.05) is 51.1 Å². The smallest absolute Gasteiger partial charge is 0.231 e. The van der Waals surface area contributed by atoms with Crippen molar-refractivity contribution in [2.24, 2.45) is 11.3 Å². The van der Waals surface area contributed by atoms with E-state index in [4.69, 9.17) is 0 Å². The normalized spacial score (nSPS) is 23.3. The minimum Gasteiger partial charge on any atom is -0.277 e. The van der Waals surface area contributed by atoms with E-state index in [1.54, 1.807) is 0 Å². The summed E-state index contributed by atoms with van der Waals surface area (Å²) in [5, 5.41) is 0. The third kappa shape index (κ3) is 3.67. The average Bonchev–Trinajstić information content (AvgIpc) is 2.37.